The first-order chi connectivity index (χ1) is 10.7. The first-order valence-corrected chi connectivity index (χ1v) is 7.55. The monoisotopic (exact) mass is 300 g/mol. The van der Waals surface area contributed by atoms with Crippen LogP contribution < -0.4 is 14.8 Å². The van der Waals surface area contributed by atoms with Crippen molar-refractivity contribution in [1.82, 2.24) is 5.32 Å². The molecule has 0 bridgehead atoms. The van der Waals surface area contributed by atoms with Crippen LogP contribution in [0.5, 0.6) is 11.5 Å². The van der Waals surface area contributed by atoms with Crippen LogP contribution in [0, 0.1) is 5.92 Å². The number of carbonyl (C=O) groups is 1. The van der Waals surface area contributed by atoms with Gasteiger partial charge in [-0.3, -0.25) is 4.79 Å². The van der Waals surface area contributed by atoms with Crippen LogP contribution in [0.1, 0.15) is 31.2 Å². The summed E-state index contributed by atoms with van der Waals surface area (Å²) in [5, 5.41) is 2.90. The second-order valence-electron chi connectivity index (χ2n) is 5.57. The van der Waals surface area contributed by atoms with Gasteiger partial charge in [0.2, 0.25) is 0 Å². The molecular weight excluding hydrogens is 280 g/mol. The lowest BCUT2D eigenvalue weighted by molar-refractivity contribution is -0.115. The van der Waals surface area contributed by atoms with Crippen LogP contribution in [-0.4, -0.2) is 26.0 Å². The third-order valence-electron chi connectivity index (χ3n) is 4.19. The van der Waals surface area contributed by atoms with Gasteiger partial charge in [0, 0.05) is 11.5 Å². The van der Waals surface area contributed by atoms with Crippen molar-refractivity contribution in [1.29, 1.82) is 0 Å². The fraction of sp³-hybridized carbons (Fsp3) is 0.412. The summed E-state index contributed by atoms with van der Waals surface area (Å²) in [5.41, 5.74) is 1.21. The van der Waals surface area contributed by atoms with Crippen LogP contribution in [-0.2, 0) is 4.79 Å². The Morgan fingerprint density at radius 2 is 2.00 bits per heavy atom. The van der Waals surface area contributed by atoms with Crippen LogP contribution in [0.15, 0.2) is 28.9 Å². The van der Waals surface area contributed by atoms with Crippen molar-refractivity contribution in [3.8, 4) is 11.5 Å². The lowest BCUT2D eigenvalue weighted by atomic mass is 10.1. The van der Waals surface area contributed by atoms with E-state index < -0.39 is 0 Å². The summed E-state index contributed by atoms with van der Waals surface area (Å²) in [7, 11) is 3.21. The molecule has 1 N–H and O–H groups in total. The third kappa shape index (κ3) is 2.84. The molecule has 1 saturated carbocycles. The number of hydrogen-bond donors (Lipinski definition) is 1. The maximum Gasteiger partial charge on any atom is 0.275 e. The minimum Gasteiger partial charge on any atom is -0.497 e. The Bertz CT molecular complexity index is 643. The number of methoxy groups -OCH3 is 2. The van der Waals surface area contributed by atoms with Gasteiger partial charge in [-0.25, -0.2) is 4.99 Å². The average molecular weight is 300 g/mol. The van der Waals surface area contributed by atoms with Crippen molar-refractivity contribution in [3.63, 3.8) is 0 Å². The molecular formula is C17H20N2O3. The van der Waals surface area contributed by atoms with E-state index in [0.717, 1.165) is 24.2 Å². The number of carbonyl (C=O) groups excluding carboxylic acids is 1. The fourth-order valence-corrected chi connectivity index (χ4v) is 2.98. The number of amidine groups is 1. The molecule has 1 aliphatic heterocycles. The molecule has 0 spiro atoms. The van der Waals surface area contributed by atoms with Crippen LogP contribution in [0.25, 0.3) is 6.08 Å². The zero-order valence-corrected chi connectivity index (χ0v) is 12.9. The molecule has 5 heteroatoms. The summed E-state index contributed by atoms with van der Waals surface area (Å²) in [5.74, 6) is 2.46. The molecule has 0 saturated heterocycles. The molecule has 1 heterocycles. The van der Waals surface area contributed by atoms with E-state index in [1.165, 1.54) is 12.8 Å². The van der Waals surface area contributed by atoms with Gasteiger partial charge in [0.15, 0.2) is 0 Å². The quantitative estimate of drug-likeness (QED) is 0.870. The average Bonchev–Trinajstić information content (AvgIpc) is 3.17. The predicted molar refractivity (Wildman–Crippen MR) is 85.1 cm³/mol. The van der Waals surface area contributed by atoms with Crippen molar-refractivity contribution < 1.29 is 14.3 Å². The van der Waals surface area contributed by atoms with E-state index >= 15 is 0 Å². The Morgan fingerprint density at radius 1 is 1.23 bits per heavy atom. The Balaban J connectivity index is 1.92. The van der Waals surface area contributed by atoms with Crippen molar-refractivity contribution >= 4 is 17.8 Å². The maximum absolute atomic E-state index is 12.1. The number of rotatable bonds is 4. The van der Waals surface area contributed by atoms with Crippen LogP contribution in [0.4, 0.5) is 0 Å². The zero-order valence-electron chi connectivity index (χ0n) is 12.9. The largest absolute Gasteiger partial charge is 0.497 e. The molecule has 0 unspecified atom stereocenters. The predicted octanol–water partition coefficient (Wildman–Crippen LogP) is 2.76. The first-order valence-electron chi connectivity index (χ1n) is 7.55. The van der Waals surface area contributed by atoms with Gasteiger partial charge in [-0.15, -0.1) is 0 Å². The Morgan fingerprint density at radius 3 is 2.68 bits per heavy atom. The summed E-state index contributed by atoms with van der Waals surface area (Å²) in [6, 6.07) is 5.48. The SMILES string of the molecule is COc1ccc(OC)c(/C=C2\N=C(C3CCCC3)NC2=O)c1. The van der Waals surface area contributed by atoms with Gasteiger partial charge in [-0.2, -0.15) is 0 Å². The molecule has 2 aliphatic rings. The molecule has 1 fully saturated rings. The number of benzene rings is 1. The minimum atomic E-state index is -0.147. The molecule has 0 aromatic heterocycles. The lowest BCUT2D eigenvalue weighted by Gasteiger charge is -2.07. The standard InChI is InChI=1S/C17H20N2O3/c1-21-13-7-8-15(22-2)12(9-13)10-14-17(20)19-16(18-14)11-5-3-4-6-11/h7-11H,3-6H2,1-2H3,(H,18,19,20)/b14-10-. The number of aliphatic imine (C=N–C) groups is 1. The van der Waals surface area contributed by atoms with Gasteiger partial charge >= 0.3 is 0 Å². The molecule has 3 rings (SSSR count). The molecule has 1 aliphatic carbocycles. The van der Waals surface area contributed by atoms with Gasteiger partial charge in [0.05, 0.1) is 14.2 Å². The number of nitrogens with one attached hydrogen (secondary N) is 1. The molecule has 0 radical (unpaired) electrons. The first kappa shape index (κ1) is 14.6. The van der Waals surface area contributed by atoms with E-state index in [-0.39, 0.29) is 5.91 Å². The Kier molecular flexibility index (Phi) is 4.13. The molecule has 1 aromatic carbocycles. The van der Waals surface area contributed by atoms with Gasteiger partial charge in [0.1, 0.15) is 23.0 Å². The number of ether oxygens (including phenoxy) is 2. The van der Waals surface area contributed by atoms with Crippen LogP contribution >= 0.6 is 0 Å². The molecule has 0 atom stereocenters. The van der Waals surface area contributed by atoms with Crippen molar-refractivity contribution in [2.24, 2.45) is 10.9 Å². The van der Waals surface area contributed by atoms with Gasteiger partial charge < -0.3 is 14.8 Å². The summed E-state index contributed by atoms with van der Waals surface area (Å²) in [4.78, 5) is 16.6. The Hall–Kier alpha value is -2.30. The topological polar surface area (TPSA) is 59.9 Å². The number of amides is 1. The van der Waals surface area contributed by atoms with Gasteiger partial charge in [-0.05, 0) is 37.1 Å². The van der Waals surface area contributed by atoms with E-state index in [2.05, 4.69) is 10.3 Å². The van der Waals surface area contributed by atoms with Crippen molar-refractivity contribution in [2.45, 2.75) is 25.7 Å². The van der Waals surface area contributed by atoms with Gasteiger partial charge in [-0.1, -0.05) is 12.8 Å². The highest BCUT2D eigenvalue weighted by Crippen LogP contribution is 2.30. The Labute approximate surface area is 130 Å². The third-order valence-corrected chi connectivity index (χ3v) is 4.19. The highest BCUT2D eigenvalue weighted by Gasteiger charge is 2.28. The molecule has 5 nitrogen and oxygen atoms in total. The van der Waals surface area contributed by atoms with Crippen molar-refractivity contribution in [2.75, 3.05) is 14.2 Å². The van der Waals surface area contributed by atoms with Crippen LogP contribution in [0.3, 0.4) is 0 Å². The fourth-order valence-electron chi connectivity index (χ4n) is 2.98. The maximum atomic E-state index is 12.1. The van der Waals surface area contributed by atoms with Crippen molar-refractivity contribution in [3.05, 3.63) is 29.5 Å². The minimum absolute atomic E-state index is 0.147. The van der Waals surface area contributed by atoms with E-state index in [4.69, 9.17) is 9.47 Å². The second-order valence-corrected chi connectivity index (χ2v) is 5.57. The zero-order chi connectivity index (χ0) is 15.5. The van der Waals surface area contributed by atoms with E-state index in [1.807, 2.05) is 18.2 Å². The number of nitrogens with zero attached hydrogens (tertiary/aromatic N) is 1. The van der Waals surface area contributed by atoms with E-state index in [9.17, 15) is 4.79 Å². The smallest absolute Gasteiger partial charge is 0.275 e. The molecule has 116 valence electrons. The summed E-state index contributed by atoms with van der Waals surface area (Å²) in [6.07, 6.45) is 6.38. The normalized spacial score (nSPS) is 20.2. The lowest BCUT2D eigenvalue weighted by Crippen LogP contribution is -2.29. The molecule has 1 aromatic rings. The highest BCUT2D eigenvalue weighted by molar-refractivity contribution is 6.15. The summed E-state index contributed by atoms with van der Waals surface area (Å²) in [6.45, 7) is 0. The van der Waals surface area contributed by atoms with E-state index in [1.54, 1.807) is 20.3 Å². The molecule has 22 heavy (non-hydrogen) atoms. The molecule has 1 amide bonds. The van der Waals surface area contributed by atoms with Gasteiger partial charge in [0.25, 0.3) is 5.91 Å². The van der Waals surface area contributed by atoms with Crippen LogP contribution in [0.2, 0.25) is 0 Å². The highest BCUT2D eigenvalue weighted by atomic mass is 16.5. The summed E-state index contributed by atoms with van der Waals surface area (Å²) >= 11 is 0. The summed E-state index contributed by atoms with van der Waals surface area (Å²) < 4.78 is 10.6. The second kappa shape index (κ2) is 6.22. The number of hydrogen-bond acceptors (Lipinski definition) is 4. The van der Waals surface area contributed by atoms with E-state index in [0.29, 0.717) is 23.1 Å².